The van der Waals surface area contributed by atoms with E-state index in [9.17, 15) is 9.59 Å². The van der Waals surface area contributed by atoms with Gasteiger partial charge >= 0.3 is 5.97 Å². The van der Waals surface area contributed by atoms with Crippen molar-refractivity contribution in [3.63, 3.8) is 0 Å². The van der Waals surface area contributed by atoms with Gasteiger partial charge in [-0.05, 0) is 26.0 Å². The number of nitrogens with zero attached hydrogens (tertiary/aromatic N) is 2. The zero-order chi connectivity index (χ0) is 14.7. The SMILES string of the molecule is C/C(=N\N=C1/NC(=O)C(CC(=O)O)S1)c1ccc(C)o1. The molecule has 0 saturated carbocycles. The molecule has 1 saturated heterocycles. The summed E-state index contributed by atoms with van der Waals surface area (Å²) in [5.74, 6) is -0.0157. The third-order valence-corrected chi connectivity index (χ3v) is 3.60. The third-order valence-electron chi connectivity index (χ3n) is 2.52. The molecule has 1 atom stereocenters. The molecule has 7 nitrogen and oxygen atoms in total. The van der Waals surface area contributed by atoms with Crippen LogP contribution in [0.1, 0.15) is 24.9 Å². The first-order valence-electron chi connectivity index (χ1n) is 5.84. The Hall–Kier alpha value is -2.09. The number of carbonyl (C=O) groups is 2. The van der Waals surface area contributed by atoms with E-state index in [-0.39, 0.29) is 12.3 Å². The minimum atomic E-state index is -1.02. The van der Waals surface area contributed by atoms with Gasteiger partial charge in [0.1, 0.15) is 22.5 Å². The average molecular weight is 295 g/mol. The highest BCUT2D eigenvalue weighted by Gasteiger charge is 2.32. The fourth-order valence-electron chi connectivity index (χ4n) is 1.54. The first-order chi connectivity index (χ1) is 9.45. The number of aryl methyl sites for hydroxylation is 1. The maximum absolute atomic E-state index is 11.5. The normalized spacial score (nSPS) is 21.3. The quantitative estimate of drug-likeness (QED) is 0.645. The number of rotatable bonds is 4. The number of carbonyl (C=O) groups excluding carboxylic acids is 1. The molecule has 1 amide bonds. The maximum atomic E-state index is 11.5. The molecular weight excluding hydrogens is 282 g/mol. The molecule has 8 heteroatoms. The van der Waals surface area contributed by atoms with Crippen LogP contribution in [0, 0.1) is 6.92 Å². The molecule has 0 aliphatic carbocycles. The highest BCUT2D eigenvalue weighted by Crippen LogP contribution is 2.22. The van der Waals surface area contributed by atoms with E-state index >= 15 is 0 Å². The molecule has 106 valence electrons. The number of amidine groups is 1. The van der Waals surface area contributed by atoms with Gasteiger partial charge in [0, 0.05) is 0 Å². The Labute approximate surface area is 119 Å². The first kappa shape index (κ1) is 14.3. The minimum Gasteiger partial charge on any atom is -0.481 e. The van der Waals surface area contributed by atoms with Crippen molar-refractivity contribution in [2.75, 3.05) is 0 Å². The van der Waals surface area contributed by atoms with E-state index < -0.39 is 11.2 Å². The minimum absolute atomic E-state index is 0.240. The molecule has 0 spiro atoms. The number of thioether (sulfide) groups is 1. The third kappa shape index (κ3) is 3.47. The van der Waals surface area contributed by atoms with E-state index in [4.69, 9.17) is 9.52 Å². The molecule has 1 aliphatic heterocycles. The van der Waals surface area contributed by atoms with E-state index in [1.54, 1.807) is 13.0 Å². The van der Waals surface area contributed by atoms with Gasteiger partial charge in [-0.2, -0.15) is 0 Å². The number of aliphatic carboxylic acids is 1. The number of furan rings is 1. The molecule has 2 N–H and O–H groups in total. The lowest BCUT2D eigenvalue weighted by Crippen LogP contribution is -2.26. The van der Waals surface area contributed by atoms with Crippen molar-refractivity contribution in [1.82, 2.24) is 5.32 Å². The Kier molecular flexibility index (Phi) is 4.23. The number of amides is 1. The Morgan fingerprint density at radius 3 is 2.90 bits per heavy atom. The molecule has 1 aromatic rings. The summed E-state index contributed by atoms with van der Waals surface area (Å²) in [4.78, 5) is 22.1. The Bertz CT molecular complexity index is 606. The lowest BCUT2D eigenvalue weighted by atomic mass is 10.3. The molecule has 1 fully saturated rings. The second-order valence-electron chi connectivity index (χ2n) is 4.19. The topological polar surface area (TPSA) is 104 Å². The summed E-state index contributed by atoms with van der Waals surface area (Å²) in [5, 5.41) is 18.7. The largest absolute Gasteiger partial charge is 0.481 e. The zero-order valence-electron chi connectivity index (χ0n) is 10.9. The fourth-order valence-corrected chi connectivity index (χ4v) is 2.45. The molecular formula is C12H13N3O4S. The molecule has 0 radical (unpaired) electrons. The van der Waals surface area contributed by atoms with Crippen molar-refractivity contribution in [2.45, 2.75) is 25.5 Å². The van der Waals surface area contributed by atoms with Crippen LogP contribution >= 0.6 is 11.8 Å². The van der Waals surface area contributed by atoms with Crippen LogP contribution in [0.2, 0.25) is 0 Å². The van der Waals surface area contributed by atoms with Gasteiger partial charge in [-0.25, -0.2) is 0 Å². The standard InChI is InChI=1S/C12H13N3O4S/c1-6-3-4-8(19-6)7(2)14-15-12-13-11(18)9(20-12)5-10(16)17/h3-4,9H,5H2,1-2H3,(H,16,17)(H,13,15,18)/b14-7+. The summed E-state index contributed by atoms with van der Waals surface area (Å²) in [6.45, 7) is 3.56. The van der Waals surface area contributed by atoms with E-state index in [0.717, 1.165) is 17.5 Å². The van der Waals surface area contributed by atoms with Crippen molar-refractivity contribution in [3.8, 4) is 0 Å². The predicted molar refractivity (Wildman–Crippen MR) is 74.9 cm³/mol. The summed E-state index contributed by atoms with van der Waals surface area (Å²) in [6.07, 6.45) is -0.240. The van der Waals surface area contributed by atoms with Crippen LogP contribution < -0.4 is 5.32 Å². The van der Waals surface area contributed by atoms with Gasteiger partial charge in [0.05, 0.1) is 6.42 Å². The maximum Gasteiger partial charge on any atom is 0.305 e. The van der Waals surface area contributed by atoms with E-state index in [1.807, 2.05) is 13.0 Å². The van der Waals surface area contributed by atoms with Crippen LogP contribution in [0.15, 0.2) is 26.8 Å². The first-order valence-corrected chi connectivity index (χ1v) is 6.72. The van der Waals surface area contributed by atoms with Crippen LogP contribution in [0.4, 0.5) is 0 Å². The average Bonchev–Trinajstić information content (AvgIpc) is 2.93. The van der Waals surface area contributed by atoms with Gasteiger partial charge < -0.3 is 14.8 Å². The van der Waals surface area contributed by atoms with Crippen LogP contribution in [-0.4, -0.2) is 33.1 Å². The summed E-state index contributed by atoms with van der Waals surface area (Å²) in [7, 11) is 0. The predicted octanol–water partition coefficient (Wildman–Crippen LogP) is 1.37. The monoisotopic (exact) mass is 295 g/mol. The van der Waals surface area contributed by atoms with Crippen LogP contribution in [0.3, 0.4) is 0 Å². The zero-order valence-corrected chi connectivity index (χ0v) is 11.7. The highest BCUT2D eigenvalue weighted by molar-refractivity contribution is 8.15. The van der Waals surface area contributed by atoms with Crippen molar-refractivity contribution < 1.29 is 19.1 Å². The summed E-state index contributed by atoms with van der Waals surface area (Å²) in [6, 6.07) is 3.60. The van der Waals surface area contributed by atoms with Crippen molar-refractivity contribution >= 4 is 34.5 Å². The summed E-state index contributed by atoms with van der Waals surface area (Å²) < 4.78 is 5.38. The van der Waals surface area contributed by atoms with Crippen LogP contribution in [0.5, 0.6) is 0 Å². The number of carboxylic acids is 1. The molecule has 20 heavy (non-hydrogen) atoms. The Morgan fingerprint density at radius 1 is 1.55 bits per heavy atom. The number of hydrogen-bond acceptors (Lipinski definition) is 6. The summed E-state index contributed by atoms with van der Waals surface area (Å²) >= 11 is 1.06. The number of hydrogen-bond donors (Lipinski definition) is 2. The molecule has 2 heterocycles. The fraction of sp³-hybridized carbons (Fsp3) is 0.333. The van der Waals surface area contributed by atoms with E-state index in [2.05, 4.69) is 15.5 Å². The Balaban J connectivity index is 2.05. The molecule has 1 aromatic heterocycles. The number of nitrogens with one attached hydrogen (secondary N) is 1. The van der Waals surface area contributed by atoms with Gasteiger partial charge in [-0.3, -0.25) is 9.59 Å². The summed E-state index contributed by atoms with van der Waals surface area (Å²) in [5.41, 5.74) is 0.571. The van der Waals surface area contributed by atoms with Gasteiger partial charge in [-0.1, -0.05) is 11.8 Å². The van der Waals surface area contributed by atoms with Gasteiger partial charge in [0.15, 0.2) is 5.17 Å². The number of carboxylic acid groups (broad SMARTS) is 1. The van der Waals surface area contributed by atoms with Gasteiger partial charge in [0.2, 0.25) is 5.91 Å². The molecule has 0 bridgehead atoms. The molecule has 0 aromatic carbocycles. The van der Waals surface area contributed by atoms with Crippen molar-refractivity contribution in [2.24, 2.45) is 10.2 Å². The Morgan fingerprint density at radius 2 is 2.30 bits per heavy atom. The van der Waals surface area contributed by atoms with E-state index in [0.29, 0.717) is 16.6 Å². The lowest BCUT2D eigenvalue weighted by Gasteiger charge is -1.98. The second kappa shape index (κ2) is 5.91. The van der Waals surface area contributed by atoms with Crippen LogP contribution in [0.25, 0.3) is 0 Å². The molecule has 1 unspecified atom stereocenters. The van der Waals surface area contributed by atoms with Gasteiger partial charge in [0.25, 0.3) is 0 Å². The van der Waals surface area contributed by atoms with Crippen LogP contribution in [-0.2, 0) is 9.59 Å². The van der Waals surface area contributed by atoms with Crippen molar-refractivity contribution in [3.05, 3.63) is 23.7 Å². The smallest absolute Gasteiger partial charge is 0.305 e. The lowest BCUT2D eigenvalue weighted by molar-refractivity contribution is -0.138. The second-order valence-corrected chi connectivity index (χ2v) is 5.39. The molecule has 2 rings (SSSR count). The van der Waals surface area contributed by atoms with Crippen molar-refractivity contribution in [1.29, 1.82) is 0 Å². The van der Waals surface area contributed by atoms with Gasteiger partial charge in [-0.15, -0.1) is 10.2 Å². The molecule has 1 aliphatic rings. The highest BCUT2D eigenvalue weighted by atomic mass is 32.2. The van der Waals surface area contributed by atoms with E-state index in [1.165, 1.54) is 0 Å².